The molecular formula is C9H20N2O2. The summed E-state index contributed by atoms with van der Waals surface area (Å²) in [6.45, 7) is 5.42. The maximum Gasteiger partial charge on any atom is 0.225 e. The number of rotatable bonds is 6. The van der Waals surface area contributed by atoms with E-state index in [1.165, 1.54) is 0 Å². The van der Waals surface area contributed by atoms with E-state index in [-0.39, 0.29) is 11.3 Å². The molecule has 13 heavy (non-hydrogen) atoms. The van der Waals surface area contributed by atoms with Gasteiger partial charge in [-0.15, -0.1) is 0 Å². The number of nitrogens with two attached hydrogens (primary N) is 1. The molecule has 4 heteroatoms. The highest BCUT2D eigenvalue weighted by atomic mass is 16.5. The predicted octanol–water partition coefficient (Wildman–Crippen LogP) is 0.124. The third-order valence-electron chi connectivity index (χ3n) is 1.98. The first-order valence-corrected chi connectivity index (χ1v) is 4.52. The standard InChI is InChI=1S/C9H20N2O2/c1-9(2,4-5-10)8(12)11-6-7-13-3/h4-7,10H2,1-3H3,(H,11,12). The Labute approximate surface area is 79.8 Å². The van der Waals surface area contributed by atoms with Crippen LogP contribution < -0.4 is 11.1 Å². The lowest BCUT2D eigenvalue weighted by Crippen LogP contribution is -2.39. The lowest BCUT2D eigenvalue weighted by Gasteiger charge is -2.22. The summed E-state index contributed by atoms with van der Waals surface area (Å²) in [7, 11) is 1.61. The molecule has 0 aliphatic rings. The van der Waals surface area contributed by atoms with Crippen molar-refractivity contribution < 1.29 is 9.53 Å². The van der Waals surface area contributed by atoms with Crippen molar-refractivity contribution in [3.63, 3.8) is 0 Å². The Morgan fingerprint density at radius 2 is 2.15 bits per heavy atom. The number of carbonyl (C=O) groups excluding carboxylic acids is 1. The highest BCUT2D eigenvalue weighted by Gasteiger charge is 2.25. The Morgan fingerprint density at radius 3 is 2.62 bits per heavy atom. The number of ether oxygens (including phenoxy) is 1. The van der Waals surface area contributed by atoms with Gasteiger partial charge in [-0.05, 0) is 13.0 Å². The van der Waals surface area contributed by atoms with Gasteiger partial charge in [0.1, 0.15) is 0 Å². The highest BCUT2D eigenvalue weighted by molar-refractivity contribution is 5.81. The molecule has 4 nitrogen and oxygen atoms in total. The van der Waals surface area contributed by atoms with Crippen molar-refractivity contribution in [2.75, 3.05) is 26.8 Å². The van der Waals surface area contributed by atoms with Crippen LogP contribution in [0.25, 0.3) is 0 Å². The van der Waals surface area contributed by atoms with Gasteiger partial charge >= 0.3 is 0 Å². The number of carbonyl (C=O) groups is 1. The molecule has 0 aliphatic carbocycles. The number of hydrogen-bond acceptors (Lipinski definition) is 3. The van der Waals surface area contributed by atoms with Gasteiger partial charge in [-0.25, -0.2) is 0 Å². The molecule has 78 valence electrons. The van der Waals surface area contributed by atoms with Crippen molar-refractivity contribution >= 4 is 5.91 Å². The largest absolute Gasteiger partial charge is 0.383 e. The summed E-state index contributed by atoms with van der Waals surface area (Å²) in [5.41, 5.74) is 5.03. The average molecular weight is 188 g/mol. The fourth-order valence-corrected chi connectivity index (χ4v) is 0.980. The van der Waals surface area contributed by atoms with Gasteiger partial charge in [-0.1, -0.05) is 13.8 Å². The third kappa shape index (κ3) is 4.85. The molecule has 0 fully saturated rings. The van der Waals surface area contributed by atoms with Gasteiger partial charge in [0.25, 0.3) is 0 Å². The summed E-state index contributed by atoms with van der Waals surface area (Å²) >= 11 is 0. The fourth-order valence-electron chi connectivity index (χ4n) is 0.980. The van der Waals surface area contributed by atoms with Crippen molar-refractivity contribution in [2.24, 2.45) is 11.1 Å². The monoisotopic (exact) mass is 188 g/mol. The zero-order chi connectivity index (χ0) is 10.3. The molecule has 0 rings (SSSR count). The van der Waals surface area contributed by atoms with E-state index in [0.29, 0.717) is 26.1 Å². The van der Waals surface area contributed by atoms with Gasteiger partial charge in [0.2, 0.25) is 5.91 Å². The highest BCUT2D eigenvalue weighted by Crippen LogP contribution is 2.18. The summed E-state index contributed by atoms with van der Waals surface area (Å²) in [6.07, 6.45) is 0.700. The molecule has 0 spiro atoms. The van der Waals surface area contributed by atoms with Gasteiger partial charge in [0, 0.05) is 19.1 Å². The van der Waals surface area contributed by atoms with Crippen LogP contribution in [0.1, 0.15) is 20.3 Å². The van der Waals surface area contributed by atoms with Crippen LogP contribution in [0.5, 0.6) is 0 Å². The number of methoxy groups -OCH3 is 1. The Kier molecular flexibility index (Phi) is 5.66. The zero-order valence-corrected chi connectivity index (χ0v) is 8.72. The van der Waals surface area contributed by atoms with Crippen molar-refractivity contribution in [3.05, 3.63) is 0 Å². The minimum atomic E-state index is -0.373. The number of hydrogen-bond donors (Lipinski definition) is 2. The predicted molar refractivity (Wildman–Crippen MR) is 52.3 cm³/mol. The van der Waals surface area contributed by atoms with Crippen LogP contribution in [0.15, 0.2) is 0 Å². The van der Waals surface area contributed by atoms with Crippen molar-refractivity contribution in [1.29, 1.82) is 0 Å². The summed E-state index contributed by atoms with van der Waals surface area (Å²) in [5, 5.41) is 2.79. The molecule has 0 aliphatic heterocycles. The van der Waals surface area contributed by atoms with E-state index in [9.17, 15) is 4.79 Å². The van der Waals surface area contributed by atoms with E-state index in [1.807, 2.05) is 13.8 Å². The topological polar surface area (TPSA) is 64.3 Å². The minimum Gasteiger partial charge on any atom is -0.383 e. The second-order valence-corrected chi connectivity index (χ2v) is 3.67. The zero-order valence-electron chi connectivity index (χ0n) is 8.72. The molecule has 0 aromatic rings. The van der Waals surface area contributed by atoms with Crippen molar-refractivity contribution in [2.45, 2.75) is 20.3 Å². The molecule has 3 N–H and O–H groups in total. The van der Waals surface area contributed by atoms with E-state index in [1.54, 1.807) is 7.11 Å². The molecule has 0 saturated heterocycles. The summed E-state index contributed by atoms with van der Waals surface area (Å²) in [5.74, 6) is 0.0370. The lowest BCUT2D eigenvalue weighted by molar-refractivity contribution is -0.129. The van der Waals surface area contributed by atoms with Crippen LogP contribution in [0, 0.1) is 5.41 Å². The summed E-state index contributed by atoms with van der Waals surface area (Å²) in [4.78, 5) is 11.5. The van der Waals surface area contributed by atoms with Crippen LogP contribution in [-0.4, -0.2) is 32.7 Å². The third-order valence-corrected chi connectivity index (χ3v) is 1.98. The lowest BCUT2D eigenvalue weighted by atomic mass is 9.88. The second kappa shape index (κ2) is 5.94. The average Bonchev–Trinajstić information content (AvgIpc) is 2.04. The first-order chi connectivity index (χ1) is 6.04. The first-order valence-electron chi connectivity index (χ1n) is 4.52. The van der Waals surface area contributed by atoms with Crippen LogP contribution in [-0.2, 0) is 9.53 Å². The van der Waals surface area contributed by atoms with Crippen LogP contribution in [0.2, 0.25) is 0 Å². The van der Waals surface area contributed by atoms with E-state index < -0.39 is 0 Å². The molecule has 0 unspecified atom stereocenters. The maximum atomic E-state index is 11.5. The first kappa shape index (κ1) is 12.4. The van der Waals surface area contributed by atoms with E-state index in [0.717, 1.165) is 0 Å². The Balaban J connectivity index is 3.80. The van der Waals surface area contributed by atoms with Gasteiger partial charge in [0.15, 0.2) is 0 Å². The van der Waals surface area contributed by atoms with Gasteiger partial charge in [-0.3, -0.25) is 4.79 Å². The minimum absolute atomic E-state index is 0.0370. The molecule has 0 aromatic heterocycles. The second-order valence-electron chi connectivity index (χ2n) is 3.67. The van der Waals surface area contributed by atoms with Gasteiger partial charge < -0.3 is 15.8 Å². The Bertz CT molecular complexity index is 158. The molecule has 0 radical (unpaired) electrons. The molecule has 0 heterocycles. The number of amides is 1. The Morgan fingerprint density at radius 1 is 1.54 bits per heavy atom. The molecule has 0 aromatic carbocycles. The SMILES string of the molecule is COCCNC(=O)C(C)(C)CCN. The maximum absolute atomic E-state index is 11.5. The molecule has 0 atom stereocenters. The molecule has 1 amide bonds. The summed E-state index contributed by atoms with van der Waals surface area (Å²) in [6, 6.07) is 0. The molecular weight excluding hydrogens is 168 g/mol. The van der Waals surface area contributed by atoms with Gasteiger partial charge in [0.05, 0.1) is 6.61 Å². The van der Waals surface area contributed by atoms with Crippen molar-refractivity contribution in [3.8, 4) is 0 Å². The Hall–Kier alpha value is -0.610. The van der Waals surface area contributed by atoms with Crippen LogP contribution in [0.3, 0.4) is 0 Å². The molecule has 0 saturated carbocycles. The quantitative estimate of drug-likeness (QED) is 0.582. The van der Waals surface area contributed by atoms with E-state index in [2.05, 4.69) is 5.32 Å². The number of nitrogens with one attached hydrogen (secondary N) is 1. The molecule has 0 bridgehead atoms. The smallest absolute Gasteiger partial charge is 0.225 e. The van der Waals surface area contributed by atoms with Gasteiger partial charge in [-0.2, -0.15) is 0 Å². The summed E-state index contributed by atoms with van der Waals surface area (Å²) < 4.78 is 4.83. The van der Waals surface area contributed by atoms with E-state index >= 15 is 0 Å². The fraction of sp³-hybridized carbons (Fsp3) is 0.889. The van der Waals surface area contributed by atoms with Crippen LogP contribution in [0.4, 0.5) is 0 Å². The van der Waals surface area contributed by atoms with Crippen LogP contribution >= 0.6 is 0 Å². The normalized spacial score (nSPS) is 11.4. The van der Waals surface area contributed by atoms with E-state index in [4.69, 9.17) is 10.5 Å². The van der Waals surface area contributed by atoms with Crippen molar-refractivity contribution in [1.82, 2.24) is 5.32 Å².